The van der Waals surface area contributed by atoms with E-state index in [1.54, 1.807) is 18.3 Å². The molecule has 2 amide bonds. The summed E-state index contributed by atoms with van der Waals surface area (Å²) in [6.45, 7) is 6.30. The van der Waals surface area contributed by atoms with Gasteiger partial charge < -0.3 is 21.1 Å². The molecule has 32 heavy (non-hydrogen) atoms. The molecule has 1 aromatic heterocycles. The number of benzene rings is 1. The Morgan fingerprint density at radius 1 is 1.28 bits per heavy atom. The minimum Gasteiger partial charge on any atom is -0.380 e. The average Bonchev–Trinajstić information content (AvgIpc) is 3.16. The zero-order chi connectivity index (χ0) is 22.9. The van der Waals surface area contributed by atoms with Crippen molar-refractivity contribution >= 4 is 34.9 Å². The summed E-state index contributed by atoms with van der Waals surface area (Å²) in [5.74, 6) is 0.214. The number of nitrogens with one attached hydrogen (secondary N) is 2. The predicted molar refractivity (Wildman–Crippen MR) is 123 cm³/mol. The third-order valence-corrected chi connectivity index (χ3v) is 6.78. The van der Waals surface area contributed by atoms with Gasteiger partial charge >= 0.3 is 0 Å². The monoisotopic (exact) mass is 459 g/mol. The van der Waals surface area contributed by atoms with Crippen molar-refractivity contribution in [3.8, 4) is 0 Å². The van der Waals surface area contributed by atoms with Crippen molar-refractivity contribution in [3.63, 3.8) is 0 Å². The summed E-state index contributed by atoms with van der Waals surface area (Å²) in [7, 11) is 0. The van der Waals surface area contributed by atoms with Crippen LogP contribution in [0.15, 0.2) is 30.5 Å². The summed E-state index contributed by atoms with van der Waals surface area (Å²) in [5.41, 5.74) is 6.76. The number of rotatable bonds is 7. The molecule has 0 radical (unpaired) electrons. The van der Waals surface area contributed by atoms with Crippen molar-refractivity contribution in [1.29, 1.82) is 0 Å². The van der Waals surface area contributed by atoms with Crippen LogP contribution >= 0.6 is 11.6 Å². The molecule has 1 saturated carbocycles. The molecule has 1 aromatic carbocycles. The fourth-order valence-corrected chi connectivity index (χ4v) is 4.64. The Labute approximate surface area is 192 Å². The van der Waals surface area contributed by atoms with Gasteiger partial charge in [0.2, 0.25) is 5.91 Å². The summed E-state index contributed by atoms with van der Waals surface area (Å²) in [4.78, 5) is 24.7. The third kappa shape index (κ3) is 4.91. The first-order valence-electron chi connectivity index (χ1n) is 11.0. The number of amides is 2. The van der Waals surface area contributed by atoms with E-state index in [0.29, 0.717) is 36.2 Å². The second-order valence-electron chi connectivity index (χ2n) is 9.44. The van der Waals surface area contributed by atoms with E-state index in [1.165, 1.54) is 0 Å². The summed E-state index contributed by atoms with van der Waals surface area (Å²) >= 11 is 5.95. The van der Waals surface area contributed by atoms with E-state index >= 15 is 0 Å². The molecule has 2 aliphatic rings. The van der Waals surface area contributed by atoms with E-state index in [4.69, 9.17) is 22.1 Å². The maximum atomic E-state index is 12.7. The number of hydrogen-bond donors (Lipinski definition) is 3. The standard InChI is InChI=1S/C23H30ClN5O3/c1-14-9-15(22(31)26-11-23(2)12-32-13-23)3-8-19(14)29-10-18(20(25)30)21(28-29)27-17-6-4-16(24)5-7-17/h4-7,10,14-15,19H,3,8-9,11-13H2,1-2H3,(H2,25,30)(H,26,31)(H,27,28)/t14-,15-,19-/m0/s1. The molecule has 2 heterocycles. The van der Waals surface area contributed by atoms with Crippen LogP contribution in [-0.4, -0.2) is 41.4 Å². The van der Waals surface area contributed by atoms with E-state index in [-0.39, 0.29) is 29.2 Å². The quantitative estimate of drug-likeness (QED) is 0.586. The Kier molecular flexibility index (Phi) is 6.44. The molecule has 3 atom stereocenters. The second-order valence-corrected chi connectivity index (χ2v) is 9.88. The Morgan fingerprint density at radius 3 is 2.59 bits per heavy atom. The number of carbonyl (C=O) groups is 2. The van der Waals surface area contributed by atoms with Gasteiger partial charge in [-0.25, -0.2) is 0 Å². The van der Waals surface area contributed by atoms with Crippen LogP contribution in [-0.2, 0) is 9.53 Å². The number of hydrogen-bond acceptors (Lipinski definition) is 5. The summed E-state index contributed by atoms with van der Waals surface area (Å²) in [6.07, 6.45) is 4.06. The van der Waals surface area contributed by atoms with Gasteiger partial charge in [0.05, 0.1) is 19.3 Å². The van der Waals surface area contributed by atoms with E-state index in [2.05, 4.69) is 29.6 Å². The SMILES string of the molecule is C[C@H]1C[C@@H](C(=O)NCC2(C)COC2)CC[C@@H]1n1cc(C(N)=O)c(Nc2ccc(Cl)cc2)n1. The van der Waals surface area contributed by atoms with Crippen molar-refractivity contribution in [2.45, 2.75) is 39.2 Å². The highest BCUT2D eigenvalue weighted by Gasteiger charge is 2.37. The van der Waals surface area contributed by atoms with Gasteiger partial charge in [-0.2, -0.15) is 5.10 Å². The fraction of sp³-hybridized carbons (Fsp3) is 0.522. The van der Waals surface area contributed by atoms with E-state index in [9.17, 15) is 9.59 Å². The van der Waals surface area contributed by atoms with Crippen molar-refractivity contribution < 1.29 is 14.3 Å². The van der Waals surface area contributed by atoms with Gasteiger partial charge in [-0.3, -0.25) is 14.3 Å². The van der Waals surface area contributed by atoms with Crippen LogP contribution in [0.4, 0.5) is 11.5 Å². The molecule has 1 aliphatic heterocycles. The Bertz CT molecular complexity index is 986. The topological polar surface area (TPSA) is 111 Å². The lowest BCUT2D eigenvalue weighted by molar-refractivity contribution is -0.132. The van der Waals surface area contributed by atoms with Crippen LogP contribution in [0.25, 0.3) is 0 Å². The zero-order valence-electron chi connectivity index (χ0n) is 18.4. The van der Waals surface area contributed by atoms with Crippen LogP contribution in [0.3, 0.4) is 0 Å². The highest BCUT2D eigenvalue weighted by atomic mass is 35.5. The number of anilines is 2. The summed E-state index contributed by atoms with van der Waals surface area (Å²) in [5, 5.41) is 11.5. The first-order chi connectivity index (χ1) is 15.2. The number of nitrogens with zero attached hydrogens (tertiary/aromatic N) is 2. The lowest BCUT2D eigenvalue weighted by Gasteiger charge is -2.39. The van der Waals surface area contributed by atoms with Gasteiger partial charge in [-0.15, -0.1) is 0 Å². The number of ether oxygens (including phenoxy) is 1. The van der Waals surface area contributed by atoms with Crippen molar-refractivity contribution in [1.82, 2.24) is 15.1 Å². The lowest BCUT2D eigenvalue weighted by Crippen LogP contribution is -2.50. The predicted octanol–water partition coefficient (Wildman–Crippen LogP) is 3.51. The van der Waals surface area contributed by atoms with E-state index in [1.807, 2.05) is 16.8 Å². The Balaban J connectivity index is 1.41. The molecule has 0 unspecified atom stereocenters. The van der Waals surface area contributed by atoms with Crippen LogP contribution in [0.5, 0.6) is 0 Å². The zero-order valence-corrected chi connectivity index (χ0v) is 19.2. The van der Waals surface area contributed by atoms with Crippen molar-refractivity contribution in [2.24, 2.45) is 23.0 Å². The highest BCUT2D eigenvalue weighted by molar-refractivity contribution is 6.30. The molecule has 4 N–H and O–H groups in total. The first kappa shape index (κ1) is 22.6. The van der Waals surface area contributed by atoms with Gasteiger partial charge in [-0.05, 0) is 49.4 Å². The Morgan fingerprint density at radius 2 is 2.00 bits per heavy atom. The van der Waals surface area contributed by atoms with Crippen molar-refractivity contribution in [2.75, 3.05) is 25.1 Å². The molecule has 1 saturated heterocycles. The maximum absolute atomic E-state index is 12.7. The van der Waals surface area contributed by atoms with Crippen LogP contribution in [0.2, 0.25) is 5.02 Å². The molecule has 2 aromatic rings. The Hall–Kier alpha value is -2.58. The molecule has 0 spiro atoms. The highest BCUT2D eigenvalue weighted by Crippen LogP contribution is 2.38. The maximum Gasteiger partial charge on any atom is 0.254 e. The average molecular weight is 460 g/mol. The molecular weight excluding hydrogens is 430 g/mol. The van der Waals surface area contributed by atoms with E-state index in [0.717, 1.165) is 24.9 Å². The van der Waals surface area contributed by atoms with Gasteiger partial charge in [0, 0.05) is 34.8 Å². The third-order valence-electron chi connectivity index (χ3n) is 6.53. The van der Waals surface area contributed by atoms with E-state index < -0.39 is 5.91 Å². The number of carbonyl (C=O) groups excluding carboxylic acids is 2. The smallest absolute Gasteiger partial charge is 0.254 e. The number of aromatic nitrogens is 2. The van der Waals surface area contributed by atoms with Crippen LogP contribution in [0, 0.1) is 17.3 Å². The van der Waals surface area contributed by atoms with Crippen molar-refractivity contribution in [3.05, 3.63) is 41.0 Å². The molecule has 4 rings (SSSR count). The van der Waals surface area contributed by atoms with Gasteiger partial charge in [0.25, 0.3) is 5.91 Å². The molecule has 9 heteroatoms. The largest absolute Gasteiger partial charge is 0.380 e. The minimum absolute atomic E-state index is 0.0105. The van der Waals surface area contributed by atoms with Crippen LogP contribution < -0.4 is 16.4 Å². The number of primary amides is 1. The van der Waals surface area contributed by atoms with Crippen LogP contribution in [0.1, 0.15) is 49.5 Å². The molecule has 8 nitrogen and oxygen atoms in total. The summed E-state index contributed by atoms with van der Waals surface area (Å²) in [6, 6.07) is 7.24. The van der Waals surface area contributed by atoms with Gasteiger partial charge in [0.15, 0.2) is 5.82 Å². The summed E-state index contributed by atoms with van der Waals surface area (Å²) < 4.78 is 7.09. The lowest BCUT2D eigenvalue weighted by atomic mass is 9.78. The van der Waals surface area contributed by atoms with Gasteiger partial charge in [0.1, 0.15) is 5.56 Å². The normalized spacial score (nSPS) is 24.4. The minimum atomic E-state index is -0.540. The first-order valence-corrected chi connectivity index (χ1v) is 11.4. The second kappa shape index (κ2) is 9.11. The number of nitrogens with two attached hydrogens (primary N) is 1. The molecule has 2 fully saturated rings. The van der Waals surface area contributed by atoms with Gasteiger partial charge in [-0.1, -0.05) is 25.4 Å². The fourth-order valence-electron chi connectivity index (χ4n) is 4.51. The molecule has 0 bridgehead atoms. The number of halogens is 1. The molecule has 1 aliphatic carbocycles. The molecule has 172 valence electrons. The molecular formula is C23H30ClN5O3.